The van der Waals surface area contributed by atoms with Crippen molar-refractivity contribution in [1.29, 1.82) is 0 Å². The first-order chi connectivity index (χ1) is 18.2. The Bertz CT molecular complexity index is 1120. The highest BCUT2D eigenvalue weighted by Crippen LogP contribution is 2.78. The molecule has 0 radical (unpaired) electrons. The number of hydrogen-bond acceptors (Lipinski definition) is 7. The van der Waals surface area contributed by atoms with Gasteiger partial charge in [-0.1, -0.05) is 26.8 Å². The fourth-order valence-corrected chi connectivity index (χ4v) is 10.2. The summed E-state index contributed by atoms with van der Waals surface area (Å²) in [5.74, 6) is -2.25. The van der Waals surface area contributed by atoms with Crippen molar-refractivity contribution in [1.82, 2.24) is 0 Å². The minimum absolute atomic E-state index is 0.0963. The minimum Gasteiger partial charge on any atom is -0.462 e. The average molecular weight is 555 g/mol. The van der Waals surface area contributed by atoms with Crippen LogP contribution in [0.25, 0.3) is 0 Å². The number of cyclic esters (lactones) is 1. The van der Waals surface area contributed by atoms with Crippen LogP contribution in [0.4, 0.5) is 13.2 Å². The van der Waals surface area contributed by atoms with Gasteiger partial charge in [-0.2, -0.15) is 13.2 Å². The predicted molar refractivity (Wildman–Crippen MR) is 130 cm³/mol. The van der Waals surface area contributed by atoms with Crippen LogP contribution in [0.5, 0.6) is 0 Å². The Kier molecular flexibility index (Phi) is 5.88. The molecule has 0 aromatic heterocycles. The van der Waals surface area contributed by atoms with Gasteiger partial charge in [-0.15, -0.1) is 0 Å². The van der Waals surface area contributed by atoms with Gasteiger partial charge in [0.1, 0.15) is 30.5 Å². The first kappa shape index (κ1) is 27.1. The van der Waals surface area contributed by atoms with Gasteiger partial charge < -0.3 is 18.9 Å². The standard InChI is InChI=1S/C29H37F3O7/c1-15(33)37-21-22(25(2)10-9-20(34)36-14-25)27(4)12-8-18-19(28(27)23(21)39-28)6-5-16-13-17(7-11-26(16,18)3)38-24(35)29(30,31)32/h9-10,16-19,21-23H,5-8,11-14H2,1-4H3/t16-,17+,18+,19-,21-,22-,23-,25?,26+,27-,28-/m1/s1. The lowest BCUT2D eigenvalue weighted by Crippen LogP contribution is -2.60. The van der Waals surface area contributed by atoms with Crippen molar-refractivity contribution < 1.29 is 46.5 Å². The Labute approximate surface area is 226 Å². The molecule has 0 aromatic rings. The molecule has 6 aliphatic rings. The van der Waals surface area contributed by atoms with E-state index < -0.39 is 35.4 Å². The van der Waals surface area contributed by atoms with E-state index in [1.54, 1.807) is 0 Å². The van der Waals surface area contributed by atoms with E-state index >= 15 is 0 Å². The fourth-order valence-electron chi connectivity index (χ4n) is 10.2. The van der Waals surface area contributed by atoms with E-state index in [1.165, 1.54) is 13.0 Å². The molecule has 10 heteroatoms. The molecule has 11 atom stereocenters. The van der Waals surface area contributed by atoms with Crippen LogP contribution >= 0.6 is 0 Å². The number of esters is 3. The van der Waals surface area contributed by atoms with Crippen molar-refractivity contribution in [2.24, 2.45) is 39.9 Å². The molecule has 2 aliphatic heterocycles. The van der Waals surface area contributed by atoms with Crippen molar-refractivity contribution in [2.75, 3.05) is 6.61 Å². The van der Waals surface area contributed by atoms with Gasteiger partial charge in [-0.05, 0) is 68.1 Å². The van der Waals surface area contributed by atoms with Crippen LogP contribution in [-0.4, -0.2) is 54.6 Å². The zero-order valence-corrected chi connectivity index (χ0v) is 22.8. The minimum atomic E-state index is -4.98. The van der Waals surface area contributed by atoms with Crippen LogP contribution in [0, 0.1) is 39.9 Å². The number of halogens is 3. The molecule has 0 aromatic carbocycles. The van der Waals surface area contributed by atoms with E-state index in [4.69, 9.17) is 18.9 Å². The second kappa shape index (κ2) is 8.46. The molecule has 1 saturated heterocycles. The highest BCUT2D eigenvalue weighted by molar-refractivity contribution is 5.83. The molecule has 2 heterocycles. The van der Waals surface area contributed by atoms with Crippen molar-refractivity contribution in [3.8, 4) is 0 Å². The Balaban J connectivity index is 1.28. The van der Waals surface area contributed by atoms with Gasteiger partial charge in [-0.3, -0.25) is 4.79 Å². The molecule has 216 valence electrons. The molecule has 0 bridgehead atoms. The zero-order valence-electron chi connectivity index (χ0n) is 22.8. The van der Waals surface area contributed by atoms with Crippen LogP contribution < -0.4 is 0 Å². The van der Waals surface area contributed by atoms with Crippen molar-refractivity contribution >= 4 is 17.9 Å². The Morgan fingerprint density at radius 2 is 1.77 bits per heavy atom. The first-order valence-electron chi connectivity index (χ1n) is 14.1. The second-order valence-corrected chi connectivity index (χ2v) is 13.6. The number of epoxide rings is 1. The van der Waals surface area contributed by atoms with E-state index in [0.717, 1.165) is 25.7 Å². The van der Waals surface area contributed by atoms with Crippen LogP contribution in [-0.2, 0) is 33.3 Å². The Morgan fingerprint density at radius 1 is 1.03 bits per heavy atom. The highest BCUT2D eigenvalue weighted by atomic mass is 19.4. The van der Waals surface area contributed by atoms with Crippen LogP contribution in [0.1, 0.15) is 72.6 Å². The number of fused-ring (bicyclic) bond motifs is 3. The summed E-state index contributed by atoms with van der Waals surface area (Å²) in [4.78, 5) is 35.6. The number of hydrogen-bond donors (Lipinski definition) is 0. The summed E-state index contributed by atoms with van der Waals surface area (Å²) in [6.07, 6.45) is 2.01. The van der Waals surface area contributed by atoms with Gasteiger partial charge in [-0.25, -0.2) is 9.59 Å². The van der Waals surface area contributed by atoms with Crippen molar-refractivity contribution in [2.45, 2.75) is 103 Å². The number of carbonyl (C=O) groups is 3. The Morgan fingerprint density at radius 3 is 2.41 bits per heavy atom. The number of carbonyl (C=O) groups excluding carboxylic acids is 3. The molecular formula is C29H37F3O7. The summed E-state index contributed by atoms with van der Waals surface area (Å²) in [6, 6.07) is 0. The van der Waals surface area contributed by atoms with Crippen molar-refractivity contribution in [3.05, 3.63) is 12.2 Å². The lowest BCUT2D eigenvalue weighted by Gasteiger charge is -2.62. The van der Waals surface area contributed by atoms with Crippen molar-refractivity contribution in [3.63, 3.8) is 0 Å². The molecule has 4 saturated carbocycles. The van der Waals surface area contributed by atoms with Gasteiger partial charge in [0.25, 0.3) is 0 Å². The number of rotatable bonds is 3. The smallest absolute Gasteiger partial charge is 0.462 e. The van der Waals surface area contributed by atoms with Gasteiger partial charge >= 0.3 is 24.1 Å². The summed E-state index contributed by atoms with van der Waals surface area (Å²) in [7, 11) is 0. The summed E-state index contributed by atoms with van der Waals surface area (Å²) in [5, 5.41) is 0. The molecule has 4 aliphatic carbocycles. The van der Waals surface area contributed by atoms with E-state index in [9.17, 15) is 27.6 Å². The second-order valence-electron chi connectivity index (χ2n) is 13.6. The summed E-state index contributed by atoms with van der Waals surface area (Å²) >= 11 is 0. The van der Waals surface area contributed by atoms with E-state index in [2.05, 4.69) is 20.8 Å². The normalized spacial score (nSPS) is 50.0. The molecule has 1 unspecified atom stereocenters. The third kappa shape index (κ3) is 3.75. The van der Waals surface area contributed by atoms with Gasteiger partial charge in [0, 0.05) is 29.7 Å². The lowest BCUT2D eigenvalue weighted by molar-refractivity contribution is -0.212. The largest absolute Gasteiger partial charge is 0.490 e. The summed E-state index contributed by atoms with van der Waals surface area (Å²) in [5.41, 5.74) is -1.40. The third-order valence-corrected chi connectivity index (χ3v) is 11.7. The van der Waals surface area contributed by atoms with Gasteiger partial charge in [0.05, 0.1) is 0 Å². The first-order valence-corrected chi connectivity index (χ1v) is 14.1. The van der Waals surface area contributed by atoms with E-state index in [0.29, 0.717) is 25.2 Å². The van der Waals surface area contributed by atoms with E-state index in [-0.39, 0.29) is 53.2 Å². The molecule has 0 amide bonds. The molecule has 39 heavy (non-hydrogen) atoms. The predicted octanol–water partition coefficient (Wildman–Crippen LogP) is 4.91. The highest BCUT2D eigenvalue weighted by Gasteiger charge is 2.86. The molecule has 7 nitrogen and oxygen atoms in total. The number of ether oxygens (including phenoxy) is 4. The molecular weight excluding hydrogens is 517 g/mol. The molecule has 5 fully saturated rings. The fraction of sp³-hybridized carbons (Fsp3) is 0.828. The third-order valence-electron chi connectivity index (χ3n) is 11.7. The molecule has 6 rings (SSSR count). The SMILES string of the molecule is CC(=O)O[C@H]1[C@H]2O[C@]23[C@@H]2CC[C@@H]4C[C@@H](OC(=O)C(F)(F)F)CC[C@]4(C)[C@H]2CC[C@]3(C)[C@H]1C1(C)C=CC(=O)OC1. The average Bonchev–Trinajstić information content (AvgIpc) is 3.55. The topological polar surface area (TPSA) is 91.4 Å². The Hall–Kier alpha value is -2.10. The van der Waals surface area contributed by atoms with Gasteiger partial charge in [0.15, 0.2) is 0 Å². The summed E-state index contributed by atoms with van der Waals surface area (Å²) < 4.78 is 61.4. The van der Waals surface area contributed by atoms with Gasteiger partial charge in [0.2, 0.25) is 0 Å². The maximum Gasteiger partial charge on any atom is 0.490 e. The van der Waals surface area contributed by atoms with E-state index in [1.807, 2.05) is 6.08 Å². The summed E-state index contributed by atoms with van der Waals surface area (Å²) in [6.45, 7) is 8.20. The van der Waals surface area contributed by atoms with Crippen LogP contribution in [0.2, 0.25) is 0 Å². The lowest BCUT2D eigenvalue weighted by atomic mass is 9.43. The monoisotopic (exact) mass is 554 g/mol. The zero-order chi connectivity index (χ0) is 28.2. The number of alkyl halides is 3. The van der Waals surface area contributed by atoms with Crippen LogP contribution in [0.3, 0.4) is 0 Å². The molecule has 1 spiro atoms. The maximum absolute atomic E-state index is 12.8. The maximum atomic E-state index is 12.8. The van der Waals surface area contributed by atoms with Crippen LogP contribution in [0.15, 0.2) is 12.2 Å². The molecule has 0 N–H and O–H groups in total. The quantitative estimate of drug-likeness (QED) is 0.278.